The Hall–Kier alpha value is -2.86. The molecule has 2 heterocycles. The Balaban J connectivity index is 1.24. The Morgan fingerprint density at radius 1 is 0.939 bits per heavy atom. The van der Waals surface area contributed by atoms with E-state index in [0.717, 1.165) is 48.4 Å². The van der Waals surface area contributed by atoms with Gasteiger partial charge in [-0.25, -0.2) is 18.7 Å². The van der Waals surface area contributed by atoms with E-state index in [1.54, 1.807) is 18.2 Å². The second kappa shape index (κ2) is 9.18. The van der Waals surface area contributed by atoms with Crippen molar-refractivity contribution in [3.05, 3.63) is 71.1 Å². The Bertz CT molecular complexity index is 1300. The summed E-state index contributed by atoms with van der Waals surface area (Å²) in [5.74, 6) is 1.09. The fraction of sp³-hybridized carbons (Fsp3) is 0.346. The number of nitrogens with zero attached hydrogens (tertiary/aromatic N) is 3. The van der Waals surface area contributed by atoms with Crippen molar-refractivity contribution in [3.63, 3.8) is 0 Å². The van der Waals surface area contributed by atoms with Crippen LogP contribution in [0.25, 0.3) is 21.8 Å². The summed E-state index contributed by atoms with van der Waals surface area (Å²) < 4.78 is 27.4. The Morgan fingerprint density at radius 3 is 2.52 bits per heavy atom. The molecule has 33 heavy (non-hydrogen) atoms. The molecule has 7 heteroatoms. The van der Waals surface area contributed by atoms with E-state index in [0.29, 0.717) is 23.2 Å². The van der Waals surface area contributed by atoms with Gasteiger partial charge in [-0.05, 0) is 104 Å². The first-order chi connectivity index (χ1) is 16.0. The molecule has 0 bridgehead atoms. The number of hydrogen-bond donors (Lipinski definition) is 1. The lowest BCUT2D eigenvalue weighted by Crippen LogP contribution is -2.23. The number of rotatable bonds is 5. The summed E-state index contributed by atoms with van der Waals surface area (Å²) in [4.78, 5) is 12.9. The topological polar surface area (TPSA) is 50.7 Å². The summed E-state index contributed by atoms with van der Waals surface area (Å²) in [6, 6.07) is 11.5. The Morgan fingerprint density at radius 2 is 1.70 bits per heavy atom. The van der Waals surface area contributed by atoms with Crippen LogP contribution in [0.5, 0.6) is 0 Å². The molecule has 0 amide bonds. The van der Waals surface area contributed by atoms with Gasteiger partial charge in [-0.3, -0.25) is 4.98 Å². The van der Waals surface area contributed by atoms with Crippen LogP contribution in [0.3, 0.4) is 0 Å². The van der Waals surface area contributed by atoms with Gasteiger partial charge >= 0.3 is 0 Å². The molecule has 4 nitrogen and oxygen atoms in total. The molecule has 2 aromatic heterocycles. The van der Waals surface area contributed by atoms with Crippen LogP contribution < -0.4 is 5.32 Å². The third-order valence-electron chi connectivity index (χ3n) is 6.73. The average molecular weight is 467 g/mol. The monoisotopic (exact) mass is 466 g/mol. The Labute approximate surface area is 196 Å². The molecule has 0 spiro atoms. The van der Waals surface area contributed by atoms with Gasteiger partial charge in [-0.1, -0.05) is 0 Å². The molecule has 0 radical (unpaired) electrons. The number of benzene rings is 2. The van der Waals surface area contributed by atoms with E-state index in [2.05, 4.69) is 27.2 Å². The molecule has 1 saturated carbocycles. The van der Waals surface area contributed by atoms with Crippen LogP contribution in [0.1, 0.15) is 50.5 Å². The summed E-state index contributed by atoms with van der Waals surface area (Å²) in [5, 5.41) is 5.25. The van der Waals surface area contributed by atoms with Crippen LogP contribution in [-0.2, 0) is 0 Å². The summed E-state index contributed by atoms with van der Waals surface area (Å²) >= 11 is 6.06. The standard InChI is InChI=1S/C26H25ClF2N4/c1-15(31-25-21-8-6-19(29)14-24(21)32-26(27)33-25)12-16-2-4-17(5-3-16)20-10-11-30-23-9-7-18(28)13-22(20)23/h6-11,13-17H,2-5,12H2,1H3,(H,31,32,33)/t15-,16-,17-/m1/s1. The first-order valence-electron chi connectivity index (χ1n) is 11.4. The average Bonchev–Trinajstić information content (AvgIpc) is 2.78. The predicted molar refractivity (Wildman–Crippen MR) is 129 cm³/mol. The van der Waals surface area contributed by atoms with Crippen molar-refractivity contribution in [2.75, 3.05) is 5.32 Å². The lowest BCUT2D eigenvalue weighted by atomic mass is 9.76. The van der Waals surface area contributed by atoms with E-state index in [-0.39, 0.29) is 23.0 Å². The fourth-order valence-electron chi connectivity index (χ4n) is 5.18. The van der Waals surface area contributed by atoms with Gasteiger partial charge in [0, 0.05) is 29.1 Å². The number of hydrogen-bond acceptors (Lipinski definition) is 4. The van der Waals surface area contributed by atoms with Crippen molar-refractivity contribution in [1.82, 2.24) is 15.0 Å². The molecule has 1 aliphatic carbocycles. The van der Waals surface area contributed by atoms with E-state index >= 15 is 0 Å². The second-order valence-electron chi connectivity index (χ2n) is 9.06. The van der Waals surface area contributed by atoms with Crippen molar-refractivity contribution < 1.29 is 8.78 Å². The minimum Gasteiger partial charge on any atom is -0.367 e. The first-order valence-corrected chi connectivity index (χ1v) is 11.8. The molecular weight excluding hydrogens is 442 g/mol. The van der Waals surface area contributed by atoms with Crippen LogP contribution >= 0.6 is 11.6 Å². The maximum absolute atomic E-state index is 13.8. The van der Waals surface area contributed by atoms with Crippen LogP contribution in [-0.4, -0.2) is 21.0 Å². The molecule has 1 fully saturated rings. The molecule has 0 saturated heterocycles. The lowest BCUT2D eigenvalue weighted by Gasteiger charge is -2.31. The van der Waals surface area contributed by atoms with E-state index in [1.807, 2.05) is 12.3 Å². The predicted octanol–water partition coefficient (Wildman–Crippen LogP) is 7.27. The summed E-state index contributed by atoms with van der Waals surface area (Å²) in [5.41, 5.74) is 2.55. The molecule has 1 N–H and O–H groups in total. The van der Waals surface area contributed by atoms with Gasteiger partial charge in [0.05, 0.1) is 11.0 Å². The molecule has 2 aromatic carbocycles. The molecule has 5 rings (SSSR count). The SMILES string of the molecule is C[C@H](C[C@H]1CC[C@H](c2ccnc3ccc(F)cc32)CC1)Nc1nc(Cl)nc2cc(F)ccc12. The summed E-state index contributed by atoms with van der Waals surface area (Å²) in [6.45, 7) is 2.14. The number of anilines is 1. The number of fused-ring (bicyclic) bond motifs is 2. The van der Waals surface area contributed by atoms with E-state index in [1.165, 1.54) is 23.8 Å². The van der Waals surface area contributed by atoms with Gasteiger partial charge in [0.1, 0.15) is 17.5 Å². The molecule has 0 unspecified atom stereocenters. The maximum Gasteiger partial charge on any atom is 0.224 e. The summed E-state index contributed by atoms with van der Waals surface area (Å²) in [7, 11) is 0. The minimum absolute atomic E-state index is 0.101. The largest absolute Gasteiger partial charge is 0.367 e. The normalized spacial score (nSPS) is 19.6. The molecule has 1 atom stereocenters. The van der Waals surface area contributed by atoms with Gasteiger partial charge in [0.25, 0.3) is 0 Å². The zero-order valence-electron chi connectivity index (χ0n) is 18.4. The van der Waals surface area contributed by atoms with Crippen molar-refractivity contribution in [2.24, 2.45) is 5.92 Å². The highest BCUT2D eigenvalue weighted by Gasteiger charge is 2.25. The maximum atomic E-state index is 13.8. The number of nitrogens with one attached hydrogen (secondary N) is 1. The molecule has 4 aromatic rings. The fourth-order valence-corrected chi connectivity index (χ4v) is 5.36. The first kappa shape index (κ1) is 22.0. The van der Waals surface area contributed by atoms with E-state index < -0.39 is 0 Å². The quantitative estimate of drug-likeness (QED) is 0.314. The second-order valence-corrected chi connectivity index (χ2v) is 9.40. The zero-order chi connectivity index (χ0) is 22.9. The minimum atomic E-state index is -0.349. The van der Waals surface area contributed by atoms with Crippen molar-refractivity contribution >= 4 is 39.2 Å². The van der Waals surface area contributed by atoms with E-state index in [9.17, 15) is 8.78 Å². The third kappa shape index (κ3) is 4.76. The lowest BCUT2D eigenvalue weighted by molar-refractivity contribution is 0.302. The molecular formula is C26H25ClF2N4. The number of aromatic nitrogens is 3. The smallest absolute Gasteiger partial charge is 0.224 e. The highest BCUT2D eigenvalue weighted by molar-refractivity contribution is 6.28. The molecule has 170 valence electrons. The number of pyridine rings is 1. The highest BCUT2D eigenvalue weighted by atomic mass is 35.5. The van der Waals surface area contributed by atoms with Crippen LogP contribution in [0.2, 0.25) is 5.28 Å². The van der Waals surface area contributed by atoms with Gasteiger partial charge in [-0.2, -0.15) is 0 Å². The molecule has 0 aliphatic heterocycles. The van der Waals surface area contributed by atoms with Gasteiger partial charge < -0.3 is 5.32 Å². The van der Waals surface area contributed by atoms with Crippen LogP contribution in [0.4, 0.5) is 14.6 Å². The van der Waals surface area contributed by atoms with Crippen molar-refractivity contribution in [1.29, 1.82) is 0 Å². The van der Waals surface area contributed by atoms with E-state index in [4.69, 9.17) is 11.6 Å². The van der Waals surface area contributed by atoms with Gasteiger partial charge in [0.15, 0.2) is 0 Å². The van der Waals surface area contributed by atoms with Crippen molar-refractivity contribution in [2.45, 2.75) is 51.0 Å². The van der Waals surface area contributed by atoms with Gasteiger partial charge in [0.2, 0.25) is 5.28 Å². The number of halogens is 3. The zero-order valence-corrected chi connectivity index (χ0v) is 19.1. The van der Waals surface area contributed by atoms with Crippen molar-refractivity contribution in [3.8, 4) is 0 Å². The van der Waals surface area contributed by atoms with Crippen LogP contribution in [0.15, 0.2) is 48.7 Å². The highest BCUT2D eigenvalue weighted by Crippen LogP contribution is 2.40. The third-order valence-corrected chi connectivity index (χ3v) is 6.89. The van der Waals surface area contributed by atoms with Crippen LogP contribution in [0, 0.1) is 17.6 Å². The Kier molecular flexibility index (Phi) is 6.11. The molecule has 1 aliphatic rings. The van der Waals surface area contributed by atoms with Gasteiger partial charge in [-0.15, -0.1) is 0 Å². The summed E-state index contributed by atoms with van der Waals surface area (Å²) in [6.07, 6.45) is 7.22.